The van der Waals surface area contributed by atoms with Crippen LogP contribution < -0.4 is 5.32 Å². The summed E-state index contributed by atoms with van der Waals surface area (Å²) < 4.78 is 6.55. The summed E-state index contributed by atoms with van der Waals surface area (Å²) >= 11 is 0. The molecule has 0 unspecified atom stereocenters. The van der Waals surface area contributed by atoms with Crippen LogP contribution in [0.25, 0.3) is 11.8 Å². The molecule has 0 radical (unpaired) electrons. The van der Waals surface area contributed by atoms with Crippen molar-refractivity contribution < 1.29 is 9.53 Å². The van der Waals surface area contributed by atoms with E-state index in [1.807, 2.05) is 54.6 Å². The highest BCUT2D eigenvalue weighted by Crippen LogP contribution is 2.13. The van der Waals surface area contributed by atoms with Gasteiger partial charge in [0.1, 0.15) is 0 Å². The van der Waals surface area contributed by atoms with E-state index >= 15 is 0 Å². The Morgan fingerprint density at radius 1 is 1.15 bits per heavy atom. The molecule has 0 saturated heterocycles. The molecular formula is C19H19N5O2. The van der Waals surface area contributed by atoms with Crippen LogP contribution >= 0.6 is 0 Å². The summed E-state index contributed by atoms with van der Waals surface area (Å²) in [5, 5.41) is 15.1. The van der Waals surface area contributed by atoms with Crippen molar-refractivity contribution in [2.24, 2.45) is 0 Å². The zero-order valence-electron chi connectivity index (χ0n) is 14.4. The standard InChI is InChI=1S/C19H19N5O2/c1-2-26-19(25)13-10-15-8-11-16(12-9-15)20-14-18-21-22-23-24(18)17-6-4-3-5-7-17/h3-13,20H,2,14H2,1H3/b13-10+. The number of tetrazole rings is 1. The van der Waals surface area contributed by atoms with Crippen LogP contribution in [0.4, 0.5) is 5.69 Å². The summed E-state index contributed by atoms with van der Waals surface area (Å²) in [6, 6.07) is 17.4. The van der Waals surface area contributed by atoms with Gasteiger partial charge in [0.25, 0.3) is 0 Å². The van der Waals surface area contributed by atoms with Crippen LogP contribution in [0.3, 0.4) is 0 Å². The normalized spacial score (nSPS) is 10.8. The first-order valence-electron chi connectivity index (χ1n) is 8.27. The van der Waals surface area contributed by atoms with E-state index in [1.165, 1.54) is 6.08 Å². The van der Waals surface area contributed by atoms with Crippen LogP contribution in [0, 0.1) is 0 Å². The number of carbonyl (C=O) groups is 1. The Bertz CT molecular complexity index is 872. The van der Waals surface area contributed by atoms with E-state index in [4.69, 9.17) is 4.74 Å². The summed E-state index contributed by atoms with van der Waals surface area (Å²) in [6.07, 6.45) is 3.14. The van der Waals surface area contributed by atoms with Gasteiger partial charge in [-0.15, -0.1) is 5.10 Å². The molecule has 26 heavy (non-hydrogen) atoms. The fourth-order valence-electron chi connectivity index (χ4n) is 2.33. The van der Waals surface area contributed by atoms with Crippen LogP contribution in [0.2, 0.25) is 0 Å². The first-order chi connectivity index (χ1) is 12.8. The second-order valence-corrected chi connectivity index (χ2v) is 5.40. The lowest BCUT2D eigenvalue weighted by Gasteiger charge is -2.07. The molecule has 2 aromatic carbocycles. The lowest BCUT2D eigenvalue weighted by molar-refractivity contribution is -0.137. The van der Waals surface area contributed by atoms with Gasteiger partial charge in [0, 0.05) is 11.8 Å². The Labute approximate surface area is 151 Å². The van der Waals surface area contributed by atoms with Crippen molar-refractivity contribution in [3.05, 3.63) is 72.1 Å². The molecule has 3 aromatic rings. The quantitative estimate of drug-likeness (QED) is 0.522. The van der Waals surface area contributed by atoms with Crippen LogP contribution in [0.15, 0.2) is 60.7 Å². The highest BCUT2D eigenvalue weighted by atomic mass is 16.5. The lowest BCUT2D eigenvalue weighted by Crippen LogP contribution is -2.08. The van der Waals surface area contributed by atoms with Crippen molar-refractivity contribution in [1.29, 1.82) is 0 Å². The van der Waals surface area contributed by atoms with E-state index in [0.717, 1.165) is 16.9 Å². The average molecular weight is 349 g/mol. The summed E-state index contributed by atoms with van der Waals surface area (Å²) in [5.74, 6) is 0.366. The second-order valence-electron chi connectivity index (χ2n) is 5.40. The molecule has 7 nitrogen and oxygen atoms in total. The fraction of sp³-hybridized carbons (Fsp3) is 0.158. The molecule has 0 bridgehead atoms. The number of hydrogen-bond donors (Lipinski definition) is 1. The van der Waals surface area contributed by atoms with E-state index in [-0.39, 0.29) is 5.97 Å². The number of rotatable bonds is 7. The maximum atomic E-state index is 11.3. The van der Waals surface area contributed by atoms with Crippen LogP contribution in [0.5, 0.6) is 0 Å². The maximum Gasteiger partial charge on any atom is 0.330 e. The lowest BCUT2D eigenvalue weighted by atomic mass is 10.2. The first kappa shape index (κ1) is 17.3. The molecule has 3 rings (SSSR count). The number of benzene rings is 2. The van der Waals surface area contributed by atoms with Crippen LogP contribution in [-0.2, 0) is 16.1 Å². The van der Waals surface area contributed by atoms with Gasteiger partial charge in [-0.1, -0.05) is 30.3 Å². The molecule has 1 aromatic heterocycles. The van der Waals surface area contributed by atoms with Gasteiger partial charge in [0.05, 0.1) is 18.8 Å². The van der Waals surface area contributed by atoms with Gasteiger partial charge in [-0.25, -0.2) is 4.79 Å². The molecule has 0 spiro atoms. The number of anilines is 1. The summed E-state index contributed by atoms with van der Waals surface area (Å²) in [6.45, 7) is 2.63. The largest absolute Gasteiger partial charge is 0.463 e. The van der Waals surface area contributed by atoms with Gasteiger partial charge in [-0.2, -0.15) is 4.68 Å². The van der Waals surface area contributed by atoms with Gasteiger partial charge in [0.15, 0.2) is 5.82 Å². The predicted octanol–water partition coefficient (Wildman–Crippen LogP) is 2.85. The van der Waals surface area contributed by atoms with Gasteiger partial charge in [0.2, 0.25) is 0 Å². The molecule has 0 aliphatic rings. The zero-order valence-corrected chi connectivity index (χ0v) is 14.4. The third kappa shape index (κ3) is 4.54. The monoisotopic (exact) mass is 349 g/mol. The van der Waals surface area contributed by atoms with Crippen molar-refractivity contribution in [3.63, 3.8) is 0 Å². The summed E-state index contributed by atoms with van der Waals surface area (Å²) in [4.78, 5) is 11.3. The van der Waals surface area contributed by atoms with E-state index < -0.39 is 0 Å². The minimum atomic E-state index is -0.345. The predicted molar refractivity (Wildman–Crippen MR) is 98.6 cm³/mol. The molecule has 0 saturated carbocycles. The van der Waals surface area contributed by atoms with Crippen molar-refractivity contribution in [3.8, 4) is 5.69 Å². The number of nitrogens with one attached hydrogen (secondary N) is 1. The van der Waals surface area contributed by atoms with Crippen molar-refractivity contribution in [2.45, 2.75) is 13.5 Å². The Kier molecular flexibility index (Phi) is 5.72. The number of esters is 1. The van der Waals surface area contributed by atoms with E-state index in [0.29, 0.717) is 19.0 Å². The number of nitrogens with zero attached hydrogens (tertiary/aromatic N) is 4. The third-order valence-corrected chi connectivity index (χ3v) is 3.59. The molecule has 0 atom stereocenters. The van der Waals surface area contributed by atoms with Gasteiger partial charge in [-0.3, -0.25) is 0 Å². The topological polar surface area (TPSA) is 81.9 Å². The zero-order chi connectivity index (χ0) is 18.2. The molecule has 0 aliphatic carbocycles. The smallest absolute Gasteiger partial charge is 0.330 e. The average Bonchev–Trinajstić information content (AvgIpc) is 3.15. The SMILES string of the molecule is CCOC(=O)/C=C/c1ccc(NCc2nnnn2-c2ccccc2)cc1. The van der Waals surface area contributed by atoms with E-state index in [1.54, 1.807) is 17.7 Å². The fourth-order valence-corrected chi connectivity index (χ4v) is 2.33. The van der Waals surface area contributed by atoms with E-state index in [9.17, 15) is 4.79 Å². The van der Waals surface area contributed by atoms with E-state index in [2.05, 4.69) is 20.8 Å². The van der Waals surface area contributed by atoms with Gasteiger partial charge >= 0.3 is 5.97 Å². The van der Waals surface area contributed by atoms with Crippen molar-refractivity contribution in [2.75, 3.05) is 11.9 Å². The number of carbonyl (C=O) groups excluding carboxylic acids is 1. The number of ether oxygens (including phenoxy) is 1. The Morgan fingerprint density at radius 2 is 1.92 bits per heavy atom. The van der Waals surface area contributed by atoms with Crippen LogP contribution in [-0.4, -0.2) is 32.8 Å². The second kappa shape index (κ2) is 8.57. The van der Waals surface area contributed by atoms with Crippen molar-refractivity contribution in [1.82, 2.24) is 20.2 Å². The van der Waals surface area contributed by atoms with Crippen molar-refractivity contribution >= 4 is 17.7 Å². The Hall–Kier alpha value is -3.48. The number of para-hydroxylation sites is 1. The molecule has 1 heterocycles. The minimum Gasteiger partial charge on any atom is -0.463 e. The summed E-state index contributed by atoms with van der Waals surface area (Å²) in [7, 11) is 0. The van der Waals surface area contributed by atoms with Crippen LogP contribution in [0.1, 0.15) is 18.3 Å². The molecule has 7 heteroatoms. The molecule has 0 amide bonds. The molecule has 0 fully saturated rings. The minimum absolute atomic E-state index is 0.345. The molecule has 0 aliphatic heterocycles. The first-order valence-corrected chi connectivity index (χ1v) is 8.27. The summed E-state index contributed by atoms with van der Waals surface area (Å²) in [5.41, 5.74) is 2.76. The number of aromatic nitrogens is 4. The highest BCUT2D eigenvalue weighted by Gasteiger charge is 2.07. The molecular weight excluding hydrogens is 330 g/mol. The Morgan fingerprint density at radius 3 is 2.65 bits per heavy atom. The highest BCUT2D eigenvalue weighted by molar-refractivity contribution is 5.87. The molecule has 1 N–H and O–H groups in total. The van der Waals surface area contributed by atoms with Gasteiger partial charge < -0.3 is 10.1 Å². The van der Waals surface area contributed by atoms with Gasteiger partial charge in [-0.05, 0) is 53.3 Å². The maximum absolute atomic E-state index is 11.3. The third-order valence-electron chi connectivity index (χ3n) is 3.59. The number of hydrogen-bond acceptors (Lipinski definition) is 6. The molecule has 132 valence electrons. The Balaban J connectivity index is 1.61.